The molecule has 0 atom stereocenters. The van der Waals surface area contributed by atoms with E-state index < -0.39 is 12.1 Å². The average molecular weight is 392 g/mol. The van der Waals surface area contributed by atoms with Crippen LogP contribution in [0.2, 0.25) is 0 Å². The Kier molecular flexibility index (Phi) is 4.32. The van der Waals surface area contributed by atoms with E-state index in [0.717, 1.165) is 0 Å². The van der Waals surface area contributed by atoms with Gasteiger partial charge in [0, 0.05) is 11.1 Å². The molecule has 2 aromatic rings. The van der Waals surface area contributed by atoms with Crippen molar-refractivity contribution in [2.45, 2.75) is 6.18 Å². The van der Waals surface area contributed by atoms with E-state index in [9.17, 15) is 13.2 Å². The lowest BCUT2D eigenvalue weighted by atomic mass is 10.1. The predicted molar refractivity (Wildman–Crippen MR) is 60.3 cm³/mol. The molecule has 2 nitrogen and oxygen atoms in total. The second-order valence-corrected chi connectivity index (χ2v) is 6.70. The number of fused-ring (bicyclic) bond motifs is 3. The monoisotopic (exact) mass is 392 g/mol. The van der Waals surface area contributed by atoms with Crippen molar-refractivity contribution in [1.82, 2.24) is 0 Å². The van der Waals surface area contributed by atoms with Crippen molar-refractivity contribution in [2.75, 3.05) is 0 Å². The summed E-state index contributed by atoms with van der Waals surface area (Å²) < 4.78 is 34.7. The van der Waals surface area contributed by atoms with Gasteiger partial charge in [-0.2, -0.15) is 13.2 Å². The van der Waals surface area contributed by atoms with Crippen LogP contribution in [0.4, 0.5) is 13.2 Å². The molecule has 0 amide bonds. The van der Waals surface area contributed by atoms with Crippen LogP contribution in [0.3, 0.4) is 0 Å². The molecule has 20 heavy (non-hydrogen) atoms. The molecule has 0 unspecified atom stereocenters. The lowest BCUT2D eigenvalue weighted by molar-refractivity contribution is -0.589. The predicted octanol–water partition coefficient (Wildman–Crippen LogP) is -0.906. The number of carbonyl (C=O) groups excluding carboxylic acids is 1. The molecular weight excluding hydrogens is 384 g/mol. The first-order chi connectivity index (χ1) is 9.39. The molecule has 0 saturated carbocycles. The van der Waals surface area contributed by atoms with Crippen LogP contribution in [-0.2, 0) is 4.79 Å². The maximum absolute atomic E-state index is 10.5. The number of carbonyl (C=O) groups is 1. The standard InChI is InChI=1S/C12H8I.C2HF3O2/c1-3-7-11-9(5-1)10-6-2-4-8-12(10)13-11;3-2(4,5)1(6)7/h1-8H;(H,6,7)/q+1;/p-1. The molecule has 1 heterocycles. The molecule has 0 saturated heterocycles. The largest absolute Gasteiger partial charge is 0.542 e. The van der Waals surface area contributed by atoms with Crippen LogP contribution in [0, 0.1) is 7.14 Å². The van der Waals surface area contributed by atoms with Crippen LogP contribution >= 0.6 is 0 Å². The van der Waals surface area contributed by atoms with Crippen molar-refractivity contribution >= 4 is 5.97 Å². The number of alkyl halides is 3. The van der Waals surface area contributed by atoms with E-state index in [0.29, 0.717) is 0 Å². The first kappa shape index (κ1) is 14.8. The van der Waals surface area contributed by atoms with Gasteiger partial charge in [-0.3, -0.25) is 0 Å². The normalized spacial score (nSPS) is 11.9. The van der Waals surface area contributed by atoms with Crippen molar-refractivity contribution in [2.24, 2.45) is 0 Å². The third-order valence-electron chi connectivity index (χ3n) is 2.47. The Morgan fingerprint density at radius 2 is 1.25 bits per heavy atom. The topological polar surface area (TPSA) is 40.1 Å². The van der Waals surface area contributed by atoms with E-state index in [1.807, 2.05) is 0 Å². The molecule has 0 fully saturated rings. The highest BCUT2D eigenvalue weighted by Crippen LogP contribution is 2.21. The molecule has 0 aromatic heterocycles. The summed E-state index contributed by atoms with van der Waals surface area (Å²) >= 11 is 0.103. The van der Waals surface area contributed by atoms with Gasteiger partial charge in [0.1, 0.15) is 5.97 Å². The fourth-order valence-corrected chi connectivity index (χ4v) is 4.56. The summed E-state index contributed by atoms with van der Waals surface area (Å²) in [7, 11) is 0. The molecule has 0 spiro atoms. The molecule has 1 aliphatic rings. The molecule has 0 aliphatic carbocycles. The molecule has 104 valence electrons. The summed E-state index contributed by atoms with van der Waals surface area (Å²) in [6.07, 6.45) is -5.19. The Morgan fingerprint density at radius 3 is 1.60 bits per heavy atom. The first-order valence-electron chi connectivity index (χ1n) is 5.51. The minimum absolute atomic E-state index is 0.103. The molecule has 0 radical (unpaired) electrons. The van der Waals surface area contributed by atoms with Gasteiger partial charge in [0.25, 0.3) is 0 Å². The second-order valence-electron chi connectivity index (χ2n) is 3.84. The van der Waals surface area contributed by atoms with E-state index in [-0.39, 0.29) is 21.2 Å². The highest BCUT2D eigenvalue weighted by Gasteiger charge is 2.31. The zero-order chi connectivity index (χ0) is 14.8. The molecule has 0 bridgehead atoms. The van der Waals surface area contributed by atoms with Gasteiger partial charge in [0.2, 0.25) is 7.14 Å². The van der Waals surface area contributed by atoms with Gasteiger partial charge in [0.15, 0.2) is 0 Å². The first-order valence-corrected chi connectivity index (χ1v) is 7.67. The fraction of sp³-hybridized carbons (Fsp3) is 0.0714. The Morgan fingerprint density at radius 1 is 0.900 bits per heavy atom. The Bertz CT molecular complexity index is 595. The quantitative estimate of drug-likeness (QED) is 0.466. The van der Waals surface area contributed by atoms with Gasteiger partial charge in [0.05, 0.1) is 0 Å². The number of carboxylic acid groups (broad SMARTS) is 1. The minimum atomic E-state index is -5.19. The molecule has 0 N–H and O–H groups in total. The van der Waals surface area contributed by atoms with E-state index in [4.69, 9.17) is 9.90 Å². The lowest BCUT2D eigenvalue weighted by Crippen LogP contribution is -3.61. The average Bonchev–Trinajstić information content (AvgIpc) is 2.77. The van der Waals surface area contributed by atoms with Crippen LogP contribution in [0.15, 0.2) is 48.5 Å². The van der Waals surface area contributed by atoms with E-state index >= 15 is 0 Å². The Balaban J connectivity index is 0.000000182. The minimum Gasteiger partial charge on any atom is -0.542 e. The summed E-state index contributed by atoms with van der Waals surface area (Å²) in [4.78, 5) is 8.78. The molecule has 1 aliphatic heterocycles. The Hall–Kier alpha value is -1.57. The van der Waals surface area contributed by atoms with Gasteiger partial charge in [-0.05, 0) is 24.3 Å². The maximum atomic E-state index is 10.5. The number of rotatable bonds is 0. The van der Waals surface area contributed by atoms with Crippen molar-refractivity contribution in [3.63, 3.8) is 0 Å². The second kappa shape index (κ2) is 5.82. The summed E-state index contributed by atoms with van der Waals surface area (Å²) in [6, 6.07) is 17.6. The smallest absolute Gasteiger partial charge is 0.430 e. The van der Waals surface area contributed by atoms with Crippen molar-refractivity contribution in [1.29, 1.82) is 0 Å². The van der Waals surface area contributed by atoms with Crippen LogP contribution in [0.1, 0.15) is 0 Å². The van der Waals surface area contributed by atoms with Gasteiger partial charge in [-0.1, -0.05) is 24.3 Å². The van der Waals surface area contributed by atoms with E-state index in [1.54, 1.807) is 7.14 Å². The molecular formula is C14H8F3IO2. The van der Waals surface area contributed by atoms with Crippen LogP contribution in [0.5, 0.6) is 0 Å². The highest BCUT2D eigenvalue weighted by atomic mass is 127. The highest BCUT2D eigenvalue weighted by molar-refractivity contribution is 5.70. The number of benzene rings is 2. The van der Waals surface area contributed by atoms with Crippen LogP contribution in [0.25, 0.3) is 11.1 Å². The third-order valence-corrected chi connectivity index (χ3v) is 5.52. The van der Waals surface area contributed by atoms with Crippen molar-refractivity contribution < 1.29 is 44.3 Å². The number of hydrogen-bond donors (Lipinski definition) is 0. The maximum Gasteiger partial charge on any atom is 0.430 e. The summed E-state index contributed by atoms with van der Waals surface area (Å²) in [5.74, 6) is -3.01. The van der Waals surface area contributed by atoms with Crippen LogP contribution < -0.4 is 26.3 Å². The van der Waals surface area contributed by atoms with Crippen molar-refractivity contribution in [3.05, 3.63) is 55.7 Å². The van der Waals surface area contributed by atoms with E-state index in [1.165, 1.54) is 11.1 Å². The zero-order valence-corrected chi connectivity index (χ0v) is 12.1. The summed E-state index contributed by atoms with van der Waals surface area (Å²) in [5, 5.41) is 8.78. The number of aliphatic carboxylic acids is 1. The molecule has 3 rings (SSSR count). The molecule has 2 aromatic carbocycles. The lowest BCUT2D eigenvalue weighted by Gasteiger charge is -2.03. The van der Waals surface area contributed by atoms with Gasteiger partial charge >= 0.3 is 27.4 Å². The summed E-state index contributed by atoms with van der Waals surface area (Å²) in [5.41, 5.74) is 2.93. The van der Waals surface area contributed by atoms with Gasteiger partial charge < -0.3 is 9.90 Å². The Labute approximate surface area is 123 Å². The van der Waals surface area contributed by atoms with Crippen molar-refractivity contribution in [3.8, 4) is 11.1 Å². The number of carboxylic acids is 1. The SMILES string of the molecule is O=C([O-])C(F)(F)F.c1ccc2c(c1)[I+]c1ccccc1-2. The molecule has 6 heteroatoms. The van der Waals surface area contributed by atoms with Crippen LogP contribution in [-0.4, -0.2) is 12.1 Å². The number of halogens is 4. The number of hydrogen-bond acceptors (Lipinski definition) is 2. The van der Waals surface area contributed by atoms with Gasteiger partial charge in [-0.15, -0.1) is 0 Å². The van der Waals surface area contributed by atoms with Gasteiger partial charge in [-0.25, -0.2) is 0 Å². The zero-order valence-electron chi connectivity index (χ0n) is 9.95. The van der Waals surface area contributed by atoms with E-state index in [2.05, 4.69) is 48.5 Å². The summed E-state index contributed by atoms with van der Waals surface area (Å²) in [6.45, 7) is 0. The third kappa shape index (κ3) is 3.30. The fourth-order valence-electron chi connectivity index (χ4n) is 1.63.